The smallest absolute Gasteiger partial charge is 0.0624 e. The molecule has 0 bridgehead atoms. The number of aromatic nitrogens is 2. The molecule has 19 heavy (non-hydrogen) atoms. The largest absolute Gasteiger partial charge is 0.316 e. The number of hydrogen-bond donors (Lipinski definition) is 1. The third-order valence-corrected chi connectivity index (χ3v) is 4.59. The first-order valence-corrected chi connectivity index (χ1v) is 8.25. The Morgan fingerprint density at radius 1 is 1.37 bits per heavy atom. The van der Waals surface area contributed by atoms with E-state index in [1.165, 1.54) is 11.4 Å². The molecule has 0 aliphatic heterocycles. The van der Waals surface area contributed by atoms with Gasteiger partial charge in [0.05, 0.1) is 5.69 Å². The maximum atomic E-state index is 4.63. The van der Waals surface area contributed by atoms with Crippen molar-refractivity contribution in [3.05, 3.63) is 17.5 Å². The van der Waals surface area contributed by atoms with Crippen LogP contribution in [-0.4, -0.2) is 33.4 Å². The molecule has 0 aliphatic rings. The molecule has 0 radical (unpaired) electrons. The fourth-order valence-corrected chi connectivity index (χ4v) is 2.96. The molecule has 1 atom stereocenters. The highest BCUT2D eigenvalue weighted by Crippen LogP contribution is 2.24. The van der Waals surface area contributed by atoms with Gasteiger partial charge in [0, 0.05) is 35.2 Å². The van der Waals surface area contributed by atoms with Gasteiger partial charge in [-0.2, -0.15) is 16.9 Å². The lowest BCUT2D eigenvalue weighted by atomic mass is 10.1. The van der Waals surface area contributed by atoms with Crippen LogP contribution < -0.4 is 5.32 Å². The summed E-state index contributed by atoms with van der Waals surface area (Å²) in [5, 5.41) is 8.07. The van der Waals surface area contributed by atoms with E-state index in [1.807, 2.05) is 11.8 Å². The molecule has 0 saturated heterocycles. The van der Waals surface area contributed by atoms with Crippen LogP contribution in [0.25, 0.3) is 0 Å². The second-order valence-electron chi connectivity index (χ2n) is 5.91. The fourth-order valence-electron chi connectivity index (χ4n) is 1.97. The van der Waals surface area contributed by atoms with Crippen LogP contribution >= 0.6 is 11.8 Å². The van der Waals surface area contributed by atoms with E-state index >= 15 is 0 Å². The molecule has 0 aliphatic carbocycles. The van der Waals surface area contributed by atoms with Gasteiger partial charge in [0.15, 0.2) is 0 Å². The van der Waals surface area contributed by atoms with Crippen LogP contribution in [0.5, 0.6) is 0 Å². The topological polar surface area (TPSA) is 29.9 Å². The van der Waals surface area contributed by atoms with Gasteiger partial charge in [0.2, 0.25) is 0 Å². The van der Waals surface area contributed by atoms with Gasteiger partial charge in [-0.05, 0) is 26.5 Å². The Kier molecular flexibility index (Phi) is 6.40. The van der Waals surface area contributed by atoms with Crippen molar-refractivity contribution in [1.29, 1.82) is 0 Å². The van der Waals surface area contributed by atoms with E-state index in [0.29, 0.717) is 10.8 Å². The van der Waals surface area contributed by atoms with E-state index in [2.05, 4.69) is 62.8 Å². The molecule has 1 unspecified atom stereocenters. The number of nitrogens with one attached hydrogen (secondary N) is 1. The molecular formula is C15H29N3S. The zero-order valence-electron chi connectivity index (χ0n) is 13.3. The summed E-state index contributed by atoms with van der Waals surface area (Å²) in [6.45, 7) is 12.1. The molecule has 1 aromatic rings. The van der Waals surface area contributed by atoms with Crippen molar-refractivity contribution >= 4 is 11.8 Å². The molecule has 3 nitrogen and oxygen atoms in total. The number of likely N-dealkylation sites (N-methyl/N-ethyl adjacent to an activating group) is 1. The van der Waals surface area contributed by atoms with Crippen LogP contribution in [0.15, 0.2) is 6.07 Å². The van der Waals surface area contributed by atoms with Crippen molar-refractivity contribution in [3.63, 3.8) is 0 Å². The van der Waals surface area contributed by atoms with Gasteiger partial charge >= 0.3 is 0 Å². The Labute approximate surface area is 122 Å². The lowest BCUT2D eigenvalue weighted by molar-refractivity contribution is 0.554. The number of thioether (sulfide) groups is 1. The Morgan fingerprint density at radius 2 is 2.05 bits per heavy atom. The van der Waals surface area contributed by atoms with Gasteiger partial charge in [-0.15, -0.1) is 0 Å². The summed E-state index contributed by atoms with van der Waals surface area (Å²) in [5.74, 6) is 1.14. The molecule has 1 heterocycles. The van der Waals surface area contributed by atoms with Crippen LogP contribution in [0.2, 0.25) is 0 Å². The zero-order chi connectivity index (χ0) is 14.5. The highest BCUT2D eigenvalue weighted by atomic mass is 32.2. The highest BCUT2D eigenvalue weighted by molar-refractivity contribution is 8.00. The maximum Gasteiger partial charge on any atom is 0.0624 e. The lowest BCUT2D eigenvalue weighted by Gasteiger charge is -2.22. The SMILES string of the molecule is CCc1cc(CC(CSC(C)(C)C)NC)n(CC)n1. The Bertz CT molecular complexity index is 379. The van der Waals surface area contributed by atoms with Gasteiger partial charge in [-0.1, -0.05) is 27.7 Å². The van der Waals surface area contributed by atoms with Crippen molar-refractivity contribution in [1.82, 2.24) is 15.1 Å². The summed E-state index contributed by atoms with van der Waals surface area (Å²) in [4.78, 5) is 0. The Balaban J connectivity index is 2.67. The Hall–Kier alpha value is -0.480. The van der Waals surface area contributed by atoms with Gasteiger partial charge in [-0.3, -0.25) is 4.68 Å². The summed E-state index contributed by atoms with van der Waals surface area (Å²) in [6.07, 6.45) is 2.07. The van der Waals surface area contributed by atoms with Crippen molar-refractivity contribution < 1.29 is 0 Å². The van der Waals surface area contributed by atoms with Crippen molar-refractivity contribution in [3.8, 4) is 0 Å². The highest BCUT2D eigenvalue weighted by Gasteiger charge is 2.17. The van der Waals surface area contributed by atoms with E-state index in [1.54, 1.807) is 0 Å². The second-order valence-corrected chi connectivity index (χ2v) is 7.76. The molecule has 1 N–H and O–H groups in total. The minimum atomic E-state index is 0.328. The summed E-state index contributed by atoms with van der Waals surface area (Å²) in [5.41, 5.74) is 2.56. The summed E-state index contributed by atoms with van der Waals surface area (Å²) in [6, 6.07) is 2.77. The average Bonchev–Trinajstić information content (AvgIpc) is 2.75. The molecule has 0 spiro atoms. The number of nitrogens with zero attached hydrogens (tertiary/aromatic N) is 2. The quantitative estimate of drug-likeness (QED) is 0.834. The molecule has 0 fully saturated rings. The molecular weight excluding hydrogens is 254 g/mol. The molecule has 0 amide bonds. The molecule has 4 heteroatoms. The number of hydrogen-bond acceptors (Lipinski definition) is 3. The van der Waals surface area contributed by atoms with E-state index in [0.717, 1.165) is 25.1 Å². The predicted octanol–water partition coefficient (Wildman–Crippen LogP) is 3.13. The van der Waals surface area contributed by atoms with Gasteiger partial charge in [-0.25, -0.2) is 0 Å². The first kappa shape index (κ1) is 16.6. The number of rotatable bonds is 7. The Morgan fingerprint density at radius 3 is 2.53 bits per heavy atom. The summed E-state index contributed by atoms with van der Waals surface area (Å²) < 4.78 is 2.47. The van der Waals surface area contributed by atoms with E-state index in [9.17, 15) is 0 Å². The monoisotopic (exact) mass is 283 g/mol. The predicted molar refractivity (Wildman–Crippen MR) is 86.0 cm³/mol. The first-order chi connectivity index (χ1) is 8.89. The third-order valence-electron chi connectivity index (χ3n) is 3.16. The van der Waals surface area contributed by atoms with Crippen LogP contribution in [0.1, 0.15) is 46.0 Å². The molecule has 0 saturated carbocycles. The van der Waals surface area contributed by atoms with E-state index in [-0.39, 0.29) is 0 Å². The van der Waals surface area contributed by atoms with Gasteiger partial charge < -0.3 is 5.32 Å². The normalized spacial score (nSPS) is 13.8. The standard InChI is InChI=1S/C15H29N3S/c1-7-12-9-14(18(8-2)17-12)10-13(16-6)11-19-15(3,4)5/h9,13,16H,7-8,10-11H2,1-6H3. The number of aryl methyl sites for hydroxylation is 2. The zero-order valence-corrected chi connectivity index (χ0v) is 14.1. The van der Waals surface area contributed by atoms with Crippen molar-refractivity contribution in [2.75, 3.05) is 12.8 Å². The van der Waals surface area contributed by atoms with Gasteiger partial charge in [0.1, 0.15) is 0 Å². The first-order valence-electron chi connectivity index (χ1n) is 7.26. The van der Waals surface area contributed by atoms with Crippen LogP contribution in [0, 0.1) is 0 Å². The van der Waals surface area contributed by atoms with Crippen molar-refractivity contribution in [2.45, 2.75) is 64.8 Å². The van der Waals surface area contributed by atoms with Crippen LogP contribution in [-0.2, 0) is 19.4 Å². The van der Waals surface area contributed by atoms with E-state index in [4.69, 9.17) is 0 Å². The van der Waals surface area contributed by atoms with Crippen molar-refractivity contribution in [2.24, 2.45) is 0 Å². The molecule has 1 rings (SSSR count). The summed E-state index contributed by atoms with van der Waals surface area (Å²) >= 11 is 2.02. The molecule has 0 aromatic carbocycles. The summed E-state index contributed by atoms with van der Waals surface area (Å²) in [7, 11) is 2.06. The van der Waals surface area contributed by atoms with Gasteiger partial charge in [0.25, 0.3) is 0 Å². The molecule has 110 valence electrons. The minimum Gasteiger partial charge on any atom is -0.316 e. The van der Waals surface area contributed by atoms with Crippen LogP contribution in [0.4, 0.5) is 0 Å². The minimum absolute atomic E-state index is 0.328. The van der Waals surface area contributed by atoms with Crippen LogP contribution in [0.3, 0.4) is 0 Å². The second kappa shape index (κ2) is 7.34. The lowest BCUT2D eigenvalue weighted by Crippen LogP contribution is -2.32. The fraction of sp³-hybridized carbons (Fsp3) is 0.800. The maximum absolute atomic E-state index is 4.63. The average molecular weight is 283 g/mol. The van der Waals surface area contributed by atoms with E-state index < -0.39 is 0 Å². The third kappa shape index (κ3) is 5.57. The molecule has 1 aromatic heterocycles.